The van der Waals surface area contributed by atoms with Gasteiger partial charge in [0, 0.05) is 0 Å². The Kier molecular flexibility index (Phi) is 3.25. The lowest BCUT2D eigenvalue weighted by Gasteiger charge is -2.09. The van der Waals surface area contributed by atoms with E-state index in [-0.39, 0.29) is 5.38 Å². The van der Waals surface area contributed by atoms with Crippen molar-refractivity contribution in [2.24, 2.45) is 0 Å². The summed E-state index contributed by atoms with van der Waals surface area (Å²) < 4.78 is 7.40. The van der Waals surface area contributed by atoms with Gasteiger partial charge in [-0.15, -0.1) is 11.6 Å². The van der Waals surface area contributed by atoms with Gasteiger partial charge in [-0.1, -0.05) is 17.7 Å². The summed E-state index contributed by atoms with van der Waals surface area (Å²) in [5, 5.41) is 0.471. The lowest BCUT2D eigenvalue weighted by Crippen LogP contribution is -2.05. The number of benzene rings is 1. The minimum atomic E-state index is -0.196. The van der Waals surface area contributed by atoms with Crippen LogP contribution in [0.5, 0.6) is 0 Å². The first kappa shape index (κ1) is 12.6. The lowest BCUT2D eigenvalue weighted by atomic mass is 10.3. The quantitative estimate of drug-likeness (QED) is 0.659. The minimum absolute atomic E-state index is 0.196. The molecule has 0 fully saturated rings. The van der Waals surface area contributed by atoms with Crippen LogP contribution in [0.1, 0.15) is 23.9 Å². The van der Waals surface area contributed by atoms with Crippen LogP contribution in [-0.4, -0.2) is 9.55 Å². The lowest BCUT2D eigenvalue weighted by molar-refractivity contribution is 0.492. The number of halogens is 2. The Hall–Kier alpha value is -1.45. The van der Waals surface area contributed by atoms with Crippen LogP contribution in [0.4, 0.5) is 0 Å². The molecule has 0 bridgehead atoms. The average Bonchev–Trinajstić information content (AvgIpc) is 2.98. The van der Waals surface area contributed by atoms with Gasteiger partial charge >= 0.3 is 0 Å². The van der Waals surface area contributed by atoms with E-state index in [0.717, 1.165) is 22.6 Å². The third kappa shape index (κ3) is 2.24. The predicted molar refractivity (Wildman–Crippen MR) is 76.8 cm³/mol. The Morgan fingerprint density at radius 2 is 2.16 bits per heavy atom. The van der Waals surface area contributed by atoms with Crippen LogP contribution >= 0.6 is 23.2 Å². The second-order valence-electron chi connectivity index (χ2n) is 4.36. The molecule has 0 aliphatic rings. The molecular formula is C14H12Cl2N2O. The van der Waals surface area contributed by atoms with Gasteiger partial charge in [-0.25, -0.2) is 4.98 Å². The molecule has 3 rings (SSSR count). The van der Waals surface area contributed by atoms with Crippen LogP contribution < -0.4 is 0 Å². The van der Waals surface area contributed by atoms with Crippen LogP contribution in [0.3, 0.4) is 0 Å². The normalized spacial score (nSPS) is 13.0. The fraction of sp³-hybridized carbons (Fsp3) is 0.214. The van der Waals surface area contributed by atoms with Gasteiger partial charge < -0.3 is 8.98 Å². The number of rotatable bonds is 3. The molecule has 1 aromatic carbocycles. The maximum absolute atomic E-state index is 6.29. The van der Waals surface area contributed by atoms with Crippen molar-refractivity contribution < 1.29 is 4.42 Å². The SMILES string of the molecule is CC(Cl)c1nc2cccc(Cl)c2n1Cc1ccco1. The van der Waals surface area contributed by atoms with Gasteiger partial charge in [-0.2, -0.15) is 0 Å². The number of para-hydroxylation sites is 1. The Morgan fingerprint density at radius 3 is 2.84 bits per heavy atom. The first-order valence-corrected chi connectivity index (χ1v) is 6.79. The highest BCUT2D eigenvalue weighted by Crippen LogP contribution is 2.29. The smallest absolute Gasteiger partial charge is 0.128 e. The number of aromatic nitrogens is 2. The summed E-state index contributed by atoms with van der Waals surface area (Å²) in [6, 6.07) is 9.46. The van der Waals surface area contributed by atoms with E-state index < -0.39 is 0 Å². The third-order valence-electron chi connectivity index (χ3n) is 3.00. The highest BCUT2D eigenvalue weighted by molar-refractivity contribution is 6.35. The summed E-state index contributed by atoms with van der Waals surface area (Å²) in [6.07, 6.45) is 1.65. The van der Waals surface area contributed by atoms with Crippen molar-refractivity contribution in [2.45, 2.75) is 18.8 Å². The summed E-state index contributed by atoms with van der Waals surface area (Å²) in [6.45, 7) is 2.47. The zero-order chi connectivity index (χ0) is 13.4. The predicted octanol–water partition coefficient (Wildman–Crippen LogP) is 4.63. The van der Waals surface area contributed by atoms with Gasteiger partial charge in [-0.05, 0) is 31.2 Å². The number of fused-ring (bicyclic) bond motifs is 1. The molecule has 2 aromatic heterocycles. The molecule has 2 heterocycles. The fourth-order valence-corrected chi connectivity index (χ4v) is 2.62. The number of hydrogen-bond donors (Lipinski definition) is 0. The minimum Gasteiger partial charge on any atom is -0.467 e. The van der Waals surface area contributed by atoms with Crippen molar-refractivity contribution >= 4 is 34.2 Å². The van der Waals surface area contributed by atoms with E-state index in [4.69, 9.17) is 27.6 Å². The third-order valence-corrected chi connectivity index (χ3v) is 3.50. The Balaban J connectivity index is 2.21. The highest BCUT2D eigenvalue weighted by atomic mass is 35.5. The highest BCUT2D eigenvalue weighted by Gasteiger charge is 2.17. The van der Waals surface area contributed by atoms with Crippen LogP contribution in [0, 0.1) is 0 Å². The second-order valence-corrected chi connectivity index (χ2v) is 5.42. The van der Waals surface area contributed by atoms with Gasteiger partial charge in [0.2, 0.25) is 0 Å². The molecule has 0 spiro atoms. The van der Waals surface area contributed by atoms with Crippen molar-refractivity contribution in [3.63, 3.8) is 0 Å². The summed E-state index contributed by atoms with van der Waals surface area (Å²) >= 11 is 12.5. The van der Waals surface area contributed by atoms with Crippen molar-refractivity contribution in [1.82, 2.24) is 9.55 Å². The fourth-order valence-electron chi connectivity index (χ4n) is 2.18. The van der Waals surface area contributed by atoms with Crippen LogP contribution in [0.15, 0.2) is 41.0 Å². The Morgan fingerprint density at radius 1 is 1.32 bits per heavy atom. The number of furan rings is 1. The van der Waals surface area contributed by atoms with Crippen LogP contribution in [0.25, 0.3) is 11.0 Å². The monoisotopic (exact) mass is 294 g/mol. The zero-order valence-corrected chi connectivity index (χ0v) is 11.8. The molecule has 1 unspecified atom stereocenters. The first-order valence-electron chi connectivity index (χ1n) is 5.98. The zero-order valence-electron chi connectivity index (χ0n) is 10.3. The van der Waals surface area contributed by atoms with Crippen LogP contribution in [0.2, 0.25) is 5.02 Å². The van der Waals surface area contributed by atoms with E-state index in [1.807, 2.05) is 41.8 Å². The van der Waals surface area contributed by atoms with Gasteiger partial charge in [0.15, 0.2) is 0 Å². The Bertz CT molecular complexity index is 702. The van der Waals surface area contributed by atoms with Crippen LogP contribution in [-0.2, 0) is 6.54 Å². The summed E-state index contributed by atoms with van der Waals surface area (Å²) in [5.41, 5.74) is 1.74. The molecule has 1 atom stereocenters. The van der Waals surface area contributed by atoms with Crippen molar-refractivity contribution in [3.05, 3.63) is 53.2 Å². The van der Waals surface area contributed by atoms with E-state index in [2.05, 4.69) is 4.98 Å². The van der Waals surface area contributed by atoms with E-state index >= 15 is 0 Å². The molecule has 3 nitrogen and oxygen atoms in total. The van der Waals surface area contributed by atoms with Gasteiger partial charge in [0.05, 0.1) is 34.2 Å². The molecule has 0 saturated carbocycles. The number of imidazole rings is 1. The molecule has 0 aliphatic carbocycles. The van der Waals surface area contributed by atoms with Crippen molar-refractivity contribution in [3.8, 4) is 0 Å². The molecule has 3 aromatic rings. The molecule has 0 N–H and O–H groups in total. The molecule has 0 saturated heterocycles. The van der Waals surface area contributed by atoms with E-state index in [1.54, 1.807) is 6.26 Å². The number of alkyl halides is 1. The maximum Gasteiger partial charge on any atom is 0.128 e. The molecule has 0 amide bonds. The Labute approximate surface area is 120 Å². The molecular weight excluding hydrogens is 283 g/mol. The molecule has 5 heteroatoms. The largest absolute Gasteiger partial charge is 0.467 e. The summed E-state index contributed by atoms with van der Waals surface area (Å²) in [7, 11) is 0. The second kappa shape index (κ2) is 4.91. The van der Waals surface area contributed by atoms with E-state index in [9.17, 15) is 0 Å². The van der Waals surface area contributed by atoms with Gasteiger partial charge in [0.1, 0.15) is 11.6 Å². The van der Waals surface area contributed by atoms with E-state index in [1.165, 1.54) is 0 Å². The first-order chi connectivity index (χ1) is 9.16. The molecule has 98 valence electrons. The van der Waals surface area contributed by atoms with Gasteiger partial charge in [-0.3, -0.25) is 0 Å². The summed E-state index contributed by atoms with van der Waals surface area (Å²) in [4.78, 5) is 4.56. The van der Waals surface area contributed by atoms with E-state index in [0.29, 0.717) is 11.6 Å². The number of hydrogen-bond acceptors (Lipinski definition) is 2. The molecule has 19 heavy (non-hydrogen) atoms. The summed E-state index contributed by atoms with van der Waals surface area (Å²) in [5.74, 6) is 1.64. The van der Waals surface area contributed by atoms with Crippen molar-refractivity contribution in [2.75, 3.05) is 0 Å². The van der Waals surface area contributed by atoms with Gasteiger partial charge in [0.25, 0.3) is 0 Å². The standard InChI is InChI=1S/C14H12Cl2N2O/c1-9(15)14-17-12-6-2-5-11(16)13(12)18(14)8-10-4-3-7-19-10/h2-7,9H,8H2,1H3. The average molecular weight is 295 g/mol. The van der Waals surface area contributed by atoms with Crippen molar-refractivity contribution in [1.29, 1.82) is 0 Å². The number of nitrogens with zero attached hydrogens (tertiary/aromatic N) is 2. The maximum atomic E-state index is 6.29. The molecule has 0 aliphatic heterocycles. The molecule has 0 radical (unpaired) electrons. The topological polar surface area (TPSA) is 31.0 Å².